The number of aromatic nitrogens is 2. The van der Waals surface area contributed by atoms with Crippen LogP contribution in [0.15, 0.2) is 11.1 Å². The topological polar surface area (TPSA) is 112 Å². The summed E-state index contributed by atoms with van der Waals surface area (Å²) in [6.07, 6.45) is 1.36. The van der Waals surface area contributed by atoms with Crippen molar-refractivity contribution >= 4 is 16.0 Å². The van der Waals surface area contributed by atoms with E-state index in [9.17, 15) is 13.2 Å². The van der Waals surface area contributed by atoms with Gasteiger partial charge in [-0.25, -0.2) is 13.1 Å². The Kier molecular flexibility index (Phi) is 4.24. The molecule has 17 heavy (non-hydrogen) atoms. The van der Waals surface area contributed by atoms with E-state index in [1.54, 1.807) is 13.8 Å². The van der Waals surface area contributed by atoms with Gasteiger partial charge in [-0.2, -0.15) is 5.10 Å². The Morgan fingerprint density at radius 2 is 2.29 bits per heavy atom. The molecule has 0 aliphatic heterocycles. The molecule has 1 heterocycles. The second-order valence-electron chi connectivity index (χ2n) is 3.68. The van der Waals surface area contributed by atoms with Crippen LogP contribution in [0.25, 0.3) is 0 Å². The molecule has 0 saturated carbocycles. The second-order valence-corrected chi connectivity index (χ2v) is 5.37. The zero-order chi connectivity index (χ0) is 13.1. The normalized spacial score (nSPS) is 13.5. The molecule has 0 fully saturated rings. The maximum atomic E-state index is 11.9. The van der Waals surface area contributed by atoms with Gasteiger partial charge in [-0.1, -0.05) is 6.92 Å². The summed E-state index contributed by atoms with van der Waals surface area (Å²) in [6.45, 7) is 3.30. The molecule has 7 nitrogen and oxygen atoms in total. The molecule has 0 aliphatic carbocycles. The van der Waals surface area contributed by atoms with Crippen LogP contribution in [0.5, 0.6) is 0 Å². The lowest BCUT2D eigenvalue weighted by Gasteiger charge is -2.14. The maximum Gasteiger partial charge on any atom is 0.304 e. The third-order valence-electron chi connectivity index (χ3n) is 2.31. The number of hydrogen-bond acceptors (Lipinski definition) is 4. The molecule has 0 saturated heterocycles. The summed E-state index contributed by atoms with van der Waals surface area (Å²) in [6, 6.07) is -0.619. The quantitative estimate of drug-likeness (QED) is 0.679. The van der Waals surface area contributed by atoms with Crippen LogP contribution in [0.1, 0.15) is 25.5 Å². The lowest BCUT2D eigenvalue weighted by atomic mass is 10.2. The Balaban J connectivity index is 2.86. The molecule has 0 aliphatic rings. The number of aryl methyl sites for hydroxylation is 1. The third kappa shape index (κ3) is 3.53. The number of carboxylic acids is 1. The van der Waals surface area contributed by atoms with Gasteiger partial charge in [0.1, 0.15) is 4.90 Å². The van der Waals surface area contributed by atoms with Crippen molar-refractivity contribution in [3.63, 3.8) is 0 Å². The predicted octanol–water partition coefficient (Wildman–Crippen LogP) is 0.250. The first-order valence-electron chi connectivity index (χ1n) is 5.11. The number of nitrogens with zero attached hydrogens (tertiary/aromatic N) is 1. The number of H-pyrrole nitrogens is 1. The van der Waals surface area contributed by atoms with Gasteiger partial charge in [-0.3, -0.25) is 9.89 Å². The van der Waals surface area contributed by atoms with E-state index in [2.05, 4.69) is 14.9 Å². The Labute approximate surface area is 99.3 Å². The van der Waals surface area contributed by atoms with E-state index in [0.29, 0.717) is 12.1 Å². The van der Waals surface area contributed by atoms with Gasteiger partial charge in [0.05, 0.1) is 18.3 Å². The smallest absolute Gasteiger partial charge is 0.304 e. The van der Waals surface area contributed by atoms with Gasteiger partial charge in [0, 0.05) is 6.04 Å². The molecule has 1 aromatic heterocycles. The summed E-state index contributed by atoms with van der Waals surface area (Å²) in [5, 5.41) is 14.8. The number of carbonyl (C=O) groups is 1. The Morgan fingerprint density at radius 3 is 2.71 bits per heavy atom. The predicted molar refractivity (Wildman–Crippen MR) is 60.0 cm³/mol. The molecule has 1 atom stereocenters. The van der Waals surface area contributed by atoms with Crippen LogP contribution in [0.2, 0.25) is 0 Å². The van der Waals surface area contributed by atoms with Gasteiger partial charge in [0.25, 0.3) is 0 Å². The van der Waals surface area contributed by atoms with Crippen molar-refractivity contribution in [3.05, 3.63) is 11.9 Å². The number of rotatable bonds is 6. The van der Waals surface area contributed by atoms with Crippen LogP contribution in [0, 0.1) is 6.92 Å². The fourth-order valence-corrected chi connectivity index (χ4v) is 2.83. The summed E-state index contributed by atoms with van der Waals surface area (Å²) in [5.41, 5.74) is 0.419. The van der Waals surface area contributed by atoms with Gasteiger partial charge in [0.2, 0.25) is 10.0 Å². The minimum absolute atomic E-state index is 0.0429. The second kappa shape index (κ2) is 5.28. The average molecular weight is 261 g/mol. The highest BCUT2D eigenvalue weighted by molar-refractivity contribution is 7.89. The number of nitrogens with one attached hydrogen (secondary N) is 2. The van der Waals surface area contributed by atoms with Gasteiger partial charge in [-0.15, -0.1) is 0 Å². The number of sulfonamides is 1. The summed E-state index contributed by atoms with van der Waals surface area (Å²) >= 11 is 0. The third-order valence-corrected chi connectivity index (χ3v) is 3.94. The first-order valence-corrected chi connectivity index (χ1v) is 6.59. The maximum absolute atomic E-state index is 11.9. The van der Waals surface area contributed by atoms with Crippen LogP contribution in [-0.4, -0.2) is 35.7 Å². The number of aliphatic carboxylic acids is 1. The Morgan fingerprint density at radius 1 is 1.65 bits per heavy atom. The first kappa shape index (κ1) is 13.7. The summed E-state index contributed by atoms with van der Waals surface area (Å²) in [7, 11) is -3.71. The van der Waals surface area contributed by atoms with E-state index in [-0.39, 0.29) is 11.3 Å². The van der Waals surface area contributed by atoms with Crippen LogP contribution >= 0.6 is 0 Å². The zero-order valence-electron chi connectivity index (χ0n) is 9.60. The highest BCUT2D eigenvalue weighted by atomic mass is 32.2. The standard InChI is InChI=1S/C9H15N3O4S/c1-3-7(4-9(13)14)12-17(15,16)8-5-10-11-6(8)2/h5,7,12H,3-4H2,1-2H3,(H,10,11)(H,13,14). The minimum atomic E-state index is -3.71. The monoisotopic (exact) mass is 261 g/mol. The molecule has 1 unspecified atom stereocenters. The van der Waals surface area contributed by atoms with E-state index >= 15 is 0 Å². The molecule has 0 aromatic carbocycles. The van der Waals surface area contributed by atoms with Crippen molar-refractivity contribution < 1.29 is 18.3 Å². The molecular weight excluding hydrogens is 246 g/mol. The van der Waals surface area contributed by atoms with E-state index in [0.717, 1.165) is 0 Å². The van der Waals surface area contributed by atoms with Crippen LogP contribution in [0.4, 0.5) is 0 Å². The molecule has 0 bridgehead atoms. The molecule has 8 heteroatoms. The minimum Gasteiger partial charge on any atom is -0.481 e. The van der Waals surface area contributed by atoms with Crippen molar-refractivity contribution in [2.75, 3.05) is 0 Å². The van der Waals surface area contributed by atoms with Crippen molar-refractivity contribution in [1.29, 1.82) is 0 Å². The molecule has 0 radical (unpaired) electrons. The van der Waals surface area contributed by atoms with E-state index in [4.69, 9.17) is 5.11 Å². The fraction of sp³-hybridized carbons (Fsp3) is 0.556. The van der Waals surface area contributed by atoms with Crippen molar-refractivity contribution in [2.24, 2.45) is 0 Å². The van der Waals surface area contributed by atoms with Crippen molar-refractivity contribution in [1.82, 2.24) is 14.9 Å². The van der Waals surface area contributed by atoms with Gasteiger partial charge >= 0.3 is 5.97 Å². The lowest BCUT2D eigenvalue weighted by molar-refractivity contribution is -0.137. The SMILES string of the molecule is CCC(CC(=O)O)NS(=O)(=O)c1cn[nH]c1C. The zero-order valence-corrected chi connectivity index (χ0v) is 10.4. The van der Waals surface area contributed by atoms with Crippen LogP contribution in [0.3, 0.4) is 0 Å². The van der Waals surface area contributed by atoms with Gasteiger partial charge < -0.3 is 5.11 Å². The molecule has 0 amide bonds. The molecule has 1 aromatic rings. The lowest BCUT2D eigenvalue weighted by Crippen LogP contribution is -2.36. The molecule has 1 rings (SSSR count). The van der Waals surface area contributed by atoms with Gasteiger partial charge in [0.15, 0.2) is 0 Å². The van der Waals surface area contributed by atoms with E-state index in [1.165, 1.54) is 6.20 Å². The first-order chi connectivity index (χ1) is 7.86. The molecular formula is C9H15N3O4S. The summed E-state index contributed by atoms with van der Waals surface area (Å²) in [5.74, 6) is -1.04. The Hall–Kier alpha value is -1.41. The van der Waals surface area contributed by atoms with Crippen LogP contribution in [-0.2, 0) is 14.8 Å². The highest BCUT2D eigenvalue weighted by Gasteiger charge is 2.23. The van der Waals surface area contributed by atoms with Crippen molar-refractivity contribution in [3.8, 4) is 0 Å². The number of aromatic amines is 1. The molecule has 96 valence electrons. The highest BCUT2D eigenvalue weighted by Crippen LogP contribution is 2.12. The van der Waals surface area contributed by atoms with Crippen molar-refractivity contribution in [2.45, 2.75) is 37.6 Å². The fourth-order valence-electron chi connectivity index (χ4n) is 1.37. The summed E-state index contributed by atoms with van der Waals surface area (Å²) < 4.78 is 26.2. The summed E-state index contributed by atoms with van der Waals surface area (Å²) in [4.78, 5) is 10.6. The average Bonchev–Trinajstić information content (AvgIpc) is 2.63. The van der Waals surface area contributed by atoms with E-state index in [1.807, 2.05) is 0 Å². The Bertz CT molecular complexity index is 494. The number of carboxylic acid groups (broad SMARTS) is 1. The number of hydrogen-bond donors (Lipinski definition) is 3. The van der Waals surface area contributed by atoms with Crippen LogP contribution < -0.4 is 4.72 Å². The van der Waals surface area contributed by atoms with Gasteiger partial charge in [-0.05, 0) is 13.3 Å². The molecule has 0 spiro atoms. The van der Waals surface area contributed by atoms with E-state index < -0.39 is 22.0 Å². The molecule has 3 N–H and O–H groups in total. The largest absolute Gasteiger partial charge is 0.481 e.